The van der Waals surface area contributed by atoms with Crippen LogP contribution in [-0.2, 0) is 6.42 Å². The van der Waals surface area contributed by atoms with Crippen LogP contribution in [0.3, 0.4) is 0 Å². The van der Waals surface area contributed by atoms with Gasteiger partial charge in [0.05, 0.1) is 0 Å². The second-order valence-corrected chi connectivity index (χ2v) is 5.76. The SMILES string of the molecule is Cc1ccc2oc(C(=O)N(CCN)CCc3ccccc3)cc2n1. The Kier molecular flexibility index (Phi) is 4.91. The molecule has 0 bridgehead atoms. The summed E-state index contributed by atoms with van der Waals surface area (Å²) in [7, 11) is 0. The first-order valence-corrected chi connectivity index (χ1v) is 8.08. The molecule has 0 spiro atoms. The summed E-state index contributed by atoms with van der Waals surface area (Å²) in [5.41, 5.74) is 9.08. The monoisotopic (exact) mass is 323 g/mol. The Morgan fingerprint density at radius 3 is 2.71 bits per heavy atom. The molecule has 0 aliphatic carbocycles. The maximum absolute atomic E-state index is 12.8. The lowest BCUT2D eigenvalue weighted by molar-refractivity contribution is 0.0732. The molecule has 5 heteroatoms. The number of carbonyl (C=O) groups is 1. The first kappa shape index (κ1) is 16.2. The van der Waals surface area contributed by atoms with Gasteiger partial charge in [-0.2, -0.15) is 0 Å². The van der Waals surface area contributed by atoms with Crippen LogP contribution in [0.5, 0.6) is 0 Å². The lowest BCUT2D eigenvalue weighted by atomic mass is 10.1. The van der Waals surface area contributed by atoms with E-state index >= 15 is 0 Å². The van der Waals surface area contributed by atoms with Crippen molar-refractivity contribution < 1.29 is 9.21 Å². The lowest BCUT2D eigenvalue weighted by Gasteiger charge is -2.20. The third kappa shape index (κ3) is 3.63. The van der Waals surface area contributed by atoms with Crippen LogP contribution in [0, 0.1) is 6.92 Å². The Bertz CT molecular complexity index is 827. The van der Waals surface area contributed by atoms with E-state index in [-0.39, 0.29) is 5.91 Å². The van der Waals surface area contributed by atoms with Crippen molar-refractivity contribution in [3.8, 4) is 0 Å². The van der Waals surface area contributed by atoms with Crippen molar-refractivity contribution in [2.24, 2.45) is 5.73 Å². The molecule has 0 atom stereocenters. The van der Waals surface area contributed by atoms with Gasteiger partial charge in [0.1, 0.15) is 5.52 Å². The molecule has 2 N–H and O–H groups in total. The number of benzene rings is 1. The number of furan rings is 1. The maximum atomic E-state index is 12.8. The van der Waals surface area contributed by atoms with Crippen molar-refractivity contribution in [1.82, 2.24) is 9.88 Å². The third-order valence-electron chi connectivity index (χ3n) is 3.92. The van der Waals surface area contributed by atoms with Crippen LogP contribution >= 0.6 is 0 Å². The predicted molar refractivity (Wildman–Crippen MR) is 93.8 cm³/mol. The van der Waals surface area contributed by atoms with E-state index in [9.17, 15) is 4.79 Å². The van der Waals surface area contributed by atoms with E-state index in [1.54, 1.807) is 11.0 Å². The van der Waals surface area contributed by atoms with Gasteiger partial charge >= 0.3 is 0 Å². The van der Waals surface area contributed by atoms with Gasteiger partial charge in [0.2, 0.25) is 0 Å². The lowest BCUT2D eigenvalue weighted by Crippen LogP contribution is -2.36. The fourth-order valence-electron chi connectivity index (χ4n) is 2.67. The summed E-state index contributed by atoms with van der Waals surface area (Å²) in [5, 5.41) is 0. The van der Waals surface area contributed by atoms with Crippen molar-refractivity contribution in [3.05, 3.63) is 65.5 Å². The van der Waals surface area contributed by atoms with E-state index in [0.29, 0.717) is 36.5 Å². The molecular formula is C19H21N3O2. The number of amides is 1. The molecule has 1 amide bonds. The number of pyridine rings is 1. The van der Waals surface area contributed by atoms with Gasteiger partial charge in [-0.1, -0.05) is 30.3 Å². The number of hydrogen-bond acceptors (Lipinski definition) is 4. The average molecular weight is 323 g/mol. The van der Waals surface area contributed by atoms with Crippen molar-refractivity contribution in [2.45, 2.75) is 13.3 Å². The van der Waals surface area contributed by atoms with Gasteiger partial charge in [0, 0.05) is 31.4 Å². The summed E-state index contributed by atoms with van der Waals surface area (Å²) in [6.07, 6.45) is 0.782. The number of nitrogens with two attached hydrogens (primary N) is 1. The van der Waals surface area contributed by atoms with E-state index < -0.39 is 0 Å². The van der Waals surface area contributed by atoms with Crippen molar-refractivity contribution in [2.75, 3.05) is 19.6 Å². The highest BCUT2D eigenvalue weighted by molar-refractivity contribution is 5.95. The Hall–Kier alpha value is -2.66. The van der Waals surface area contributed by atoms with Crippen LogP contribution < -0.4 is 5.73 Å². The van der Waals surface area contributed by atoms with Gasteiger partial charge in [-0.3, -0.25) is 4.79 Å². The Labute approximate surface area is 141 Å². The summed E-state index contributed by atoms with van der Waals surface area (Å²) in [6.45, 7) is 3.42. The molecule has 0 saturated carbocycles. The zero-order valence-corrected chi connectivity index (χ0v) is 13.7. The molecule has 5 nitrogen and oxygen atoms in total. The van der Waals surface area contributed by atoms with Gasteiger partial charge in [0.25, 0.3) is 5.91 Å². The number of aromatic nitrogens is 1. The number of carbonyl (C=O) groups excluding carboxylic acids is 1. The van der Waals surface area contributed by atoms with Crippen LogP contribution in [0.25, 0.3) is 11.1 Å². The van der Waals surface area contributed by atoms with E-state index in [1.165, 1.54) is 5.56 Å². The third-order valence-corrected chi connectivity index (χ3v) is 3.92. The highest BCUT2D eigenvalue weighted by atomic mass is 16.3. The van der Waals surface area contributed by atoms with Gasteiger partial charge in [-0.25, -0.2) is 4.98 Å². The molecule has 2 heterocycles. The van der Waals surface area contributed by atoms with E-state index in [2.05, 4.69) is 17.1 Å². The first-order chi connectivity index (χ1) is 11.7. The first-order valence-electron chi connectivity index (χ1n) is 8.08. The standard InChI is InChI=1S/C19H21N3O2/c1-14-7-8-17-16(21-14)13-18(24-17)19(23)22(12-10-20)11-9-15-5-3-2-4-6-15/h2-8,13H,9-12,20H2,1H3. The zero-order valence-electron chi connectivity index (χ0n) is 13.7. The average Bonchev–Trinajstić information content (AvgIpc) is 3.02. The largest absolute Gasteiger partial charge is 0.449 e. The second kappa shape index (κ2) is 7.27. The molecule has 124 valence electrons. The number of rotatable bonds is 6. The van der Waals surface area contributed by atoms with Crippen LogP contribution in [0.2, 0.25) is 0 Å². The van der Waals surface area contributed by atoms with Gasteiger partial charge in [0.15, 0.2) is 11.3 Å². The molecule has 3 rings (SSSR count). The topological polar surface area (TPSA) is 72.4 Å². The normalized spacial score (nSPS) is 10.9. The summed E-state index contributed by atoms with van der Waals surface area (Å²) >= 11 is 0. The number of fused-ring (bicyclic) bond motifs is 1. The smallest absolute Gasteiger partial charge is 0.289 e. The van der Waals surface area contributed by atoms with Crippen LogP contribution in [0.4, 0.5) is 0 Å². The highest BCUT2D eigenvalue weighted by Gasteiger charge is 2.19. The summed E-state index contributed by atoms with van der Waals surface area (Å²) in [4.78, 5) is 18.9. The molecule has 0 aliphatic rings. The van der Waals surface area contributed by atoms with Gasteiger partial charge in [-0.05, 0) is 31.0 Å². The molecule has 0 aliphatic heterocycles. The minimum Gasteiger partial charge on any atom is -0.449 e. The molecule has 0 fully saturated rings. The van der Waals surface area contributed by atoms with Crippen LogP contribution in [0.15, 0.2) is 52.9 Å². The summed E-state index contributed by atoms with van der Waals surface area (Å²) in [6, 6.07) is 15.5. The molecule has 1 aromatic carbocycles. The van der Waals surface area contributed by atoms with E-state index in [0.717, 1.165) is 12.1 Å². The van der Waals surface area contributed by atoms with E-state index in [4.69, 9.17) is 10.2 Å². The second-order valence-electron chi connectivity index (χ2n) is 5.76. The number of hydrogen-bond donors (Lipinski definition) is 1. The predicted octanol–water partition coefficient (Wildman–Crippen LogP) is 2.78. The maximum Gasteiger partial charge on any atom is 0.289 e. The molecule has 2 aromatic heterocycles. The zero-order chi connectivity index (χ0) is 16.9. The number of aryl methyl sites for hydroxylation is 1. The fraction of sp³-hybridized carbons (Fsp3) is 0.263. The highest BCUT2D eigenvalue weighted by Crippen LogP contribution is 2.19. The van der Waals surface area contributed by atoms with Crippen molar-refractivity contribution >= 4 is 17.0 Å². The van der Waals surface area contributed by atoms with E-state index in [1.807, 2.05) is 37.3 Å². The van der Waals surface area contributed by atoms with Crippen LogP contribution in [0.1, 0.15) is 21.8 Å². The Balaban J connectivity index is 1.77. The summed E-state index contributed by atoms with van der Waals surface area (Å²) in [5.74, 6) is 0.164. The molecule has 3 aromatic rings. The number of nitrogens with zero attached hydrogens (tertiary/aromatic N) is 2. The Morgan fingerprint density at radius 1 is 1.17 bits per heavy atom. The molecule has 0 saturated heterocycles. The fourth-order valence-corrected chi connectivity index (χ4v) is 2.67. The van der Waals surface area contributed by atoms with Crippen molar-refractivity contribution in [3.63, 3.8) is 0 Å². The molecule has 24 heavy (non-hydrogen) atoms. The minimum atomic E-state index is -0.146. The minimum absolute atomic E-state index is 0.146. The van der Waals surface area contributed by atoms with Crippen molar-refractivity contribution in [1.29, 1.82) is 0 Å². The van der Waals surface area contributed by atoms with Gasteiger partial charge < -0.3 is 15.1 Å². The quantitative estimate of drug-likeness (QED) is 0.757. The molecule has 0 radical (unpaired) electrons. The van der Waals surface area contributed by atoms with Crippen LogP contribution in [-0.4, -0.2) is 35.4 Å². The van der Waals surface area contributed by atoms with Gasteiger partial charge in [-0.15, -0.1) is 0 Å². The Morgan fingerprint density at radius 2 is 1.96 bits per heavy atom. The molecular weight excluding hydrogens is 302 g/mol. The summed E-state index contributed by atoms with van der Waals surface area (Å²) < 4.78 is 5.67. The molecule has 0 unspecified atom stereocenters.